The number of rotatable bonds is 5. The second-order valence-electron chi connectivity index (χ2n) is 6.16. The van der Waals surface area contributed by atoms with Gasteiger partial charge in [-0.3, -0.25) is 4.90 Å². The lowest BCUT2D eigenvalue weighted by atomic mass is 10.1. The van der Waals surface area contributed by atoms with E-state index >= 15 is 0 Å². The van der Waals surface area contributed by atoms with Crippen molar-refractivity contribution in [2.75, 3.05) is 13.1 Å². The van der Waals surface area contributed by atoms with Gasteiger partial charge in [-0.15, -0.1) is 5.10 Å². The van der Waals surface area contributed by atoms with E-state index in [1.54, 1.807) is 10.7 Å². The van der Waals surface area contributed by atoms with Crippen LogP contribution >= 0.6 is 0 Å². The van der Waals surface area contributed by atoms with Crippen LogP contribution in [-0.2, 0) is 17.9 Å². The SMILES string of the molecule is c1ccc(COC2CCN(Cc3nc4ncccn4n3)CC2)cc1. The minimum absolute atomic E-state index is 0.345. The molecule has 1 saturated heterocycles. The van der Waals surface area contributed by atoms with Crippen molar-refractivity contribution in [1.82, 2.24) is 24.5 Å². The van der Waals surface area contributed by atoms with Crippen molar-refractivity contribution in [3.05, 3.63) is 60.2 Å². The molecule has 0 aliphatic carbocycles. The van der Waals surface area contributed by atoms with Crippen LogP contribution in [0.15, 0.2) is 48.8 Å². The summed E-state index contributed by atoms with van der Waals surface area (Å²) in [6.45, 7) is 3.50. The maximum Gasteiger partial charge on any atom is 0.252 e. The summed E-state index contributed by atoms with van der Waals surface area (Å²) in [7, 11) is 0. The molecule has 1 aliphatic heterocycles. The number of hydrogen-bond acceptors (Lipinski definition) is 5. The van der Waals surface area contributed by atoms with Crippen LogP contribution in [0, 0.1) is 0 Å². The van der Waals surface area contributed by atoms with Gasteiger partial charge in [0.15, 0.2) is 5.82 Å². The molecular weight excluding hydrogens is 302 g/mol. The van der Waals surface area contributed by atoms with Crippen LogP contribution in [0.25, 0.3) is 5.78 Å². The number of likely N-dealkylation sites (tertiary alicyclic amines) is 1. The Labute approximate surface area is 141 Å². The molecule has 0 amide bonds. The van der Waals surface area contributed by atoms with Gasteiger partial charge in [0, 0.05) is 25.5 Å². The molecule has 0 N–H and O–H groups in total. The highest BCUT2D eigenvalue weighted by atomic mass is 16.5. The van der Waals surface area contributed by atoms with Crippen LogP contribution in [0.5, 0.6) is 0 Å². The van der Waals surface area contributed by atoms with Crippen molar-refractivity contribution in [2.24, 2.45) is 0 Å². The molecule has 2 aromatic heterocycles. The van der Waals surface area contributed by atoms with Gasteiger partial charge in [-0.25, -0.2) is 9.50 Å². The van der Waals surface area contributed by atoms with Crippen LogP contribution < -0.4 is 0 Å². The van der Waals surface area contributed by atoms with E-state index < -0.39 is 0 Å². The summed E-state index contributed by atoms with van der Waals surface area (Å²) >= 11 is 0. The standard InChI is InChI=1S/C18H21N5O/c1-2-5-15(6-3-1)14-24-16-7-11-22(12-8-16)13-17-20-18-19-9-4-10-23(18)21-17/h1-6,9-10,16H,7-8,11-14H2. The summed E-state index contributed by atoms with van der Waals surface area (Å²) in [5.41, 5.74) is 1.24. The highest BCUT2D eigenvalue weighted by Gasteiger charge is 2.21. The van der Waals surface area contributed by atoms with E-state index in [1.165, 1.54) is 5.56 Å². The summed E-state index contributed by atoms with van der Waals surface area (Å²) in [6, 6.07) is 12.2. The van der Waals surface area contributed by atoms with Crippen LogP contribution in [0.4, 0.5) is 0 Å². The van der Waals surface area contributed by atoms with E-state index in [2.05, 4.69) is 44.2 Å². The Hall–Kier alpha value is -2.31. The lowest BCUT2D eigenvalue weighted by Gasteiger charge is -2.31. The molecule has 0 saturated carbocycles. The topological polar surface area (TPSA) is 55.5 Å². The molecule has 6 nitrogen and oxygen atoms in total. The third-order valence-corrected chi connectivity index (χ3v) is 4.39. The van der Waals surface area contributed by atoms with Gasteiger partial charge in [-0.2, -0.15) is 4.98 Å². The first kappa shape index (κ1) is 15.2. The summed E-state index contributed by atoms with van der Waals surface area (Å²) in [5.74, 6) is 1.49. The molecule has 24 heavy (non-hydrogen) atoms. The molecule has 0 radical (unpaired) electrons. The van der Waals surface area contributed by atoms with Gasteiger partial charge < -0.3 is 4.74 Å². The zero-order valence-corrected chi connectivity index (χ0v) is 13.6. The van der Waals surface area contributed by atoms with E-state index in [1.807, 2.05) is 18.3 Å². The summed E-state index contributed by atoms with van der Waals surface area (Å²) < 4.78 is 7.77. The zero-order valence-electron chi connectivity index (χ0n) is 13.6. The molecule has 0 spiro atoms. The van der Waals surface area contributed by atoms with Crippen LogP contribution in [0.2, 0.25) is 0 Å². The number of benzene rings is 1. The minimum Gasteiger partial charge on any atom is -0.373 e. The Bertz CT molecular complexity index is 747. The van der Waals surface area contributed by atoms with Gasteiger partial charge in [0.25, 0.3) is 5.78 Å². The third-order valence-electron chi connectivity index (χ3n) is 4.39. The monoisotopic (exact) mass is 323 g/mol. The fourth-order valence-corrected chi connectivity index (χ4v) is 3.07. The van der Waals surface area contributed by atoms with E-state index in [0.29, 0.717) is 18.5 Å². The molecule has 0 atom stereocenters. The number of fused-ring (bicyclic) bond motifs is 1. The molecule has 0 unspecified atom stereocenters. The van der Waals surface area contributed by atoms with Gasteiger partial charge in [-0.05, 0) is 24.5 Å². The summed E-state index contributed by atoms with van der Waals surface area (Å²) in [5, 5.41) is 4.47. The first-order valence-electron chi connectivity index (χ1n) is 8.41. The van der Waals surface area contributed by atoms with Crippen molar-refractivity contribution in [3.63, 3.8) is 0 Å². The third kappa shape index (κ3) is 3.60. The fraction of sp³-hybridized carbons (Fsp3) is 0.389. The molecule has 4 rings (SSSR count). The maximum absolute atomic E-state index is 6.04. The summed E-state index contributed by atoms with van der Waals surface area (Å²) in [4.78, 5) is 11.1. The van der Waals surface area contributed by atoms with E-state index in [0.717, 1.165) is 38.3 Å². The lowest BCUT2D eigenvalue weighted by Crippen LogP contribution is -2.36. The molecule has 1 fully saturated rings. The lowest BCUT2D eigenvalue weighted by molar-refractivity contribution is -0.00435. The van der Waals surface area contributed by atoms with Gasteiger partial charge in [0.2, 0.25) is 0 Å². The molecule has 3 heterocycles. The predicted molar refractivity (Wildman–Crippen MR) is 90.3 cm³/mol. The Morgan fingerprint density at radius 2 is 1.92 bits per heavy atom. The van der Waals surface area contributed by atoms with Crippen molar-refractivity contribution in [2.45, 2.75) is 32.1 Å². The van der Waals surface area contributed by atoms with Crippen molar-refractivity contribution in [1.29, 1.82) is 0 Å². The van der Waals surface area contributed by atoms with Crippen LogP contribution in [0.1, 0.15) is 24.2 Å². The first-order chi connectivity index (χ1) is 11.9. The van der Waals surface area contributed by atoms with E-state index in [9.17, 15) is 0 Å². The quantitative estimate of drug-likeness (QED) is 0.721. The zero-order chi connectivity index (χ0) is 16.2. The van der Waals surface area contributed by atoms with E-state index in [4.69, 9.17) is 4.74 Å². The highest BCUT2D eigenvalue weighted by molar-refractivity contribution is 5.24. The number of hydrogen-bond donors (Lipinski definition) is 0. The Morgan fingerprint density at radius 3 is 2.71 bits per heavy atom. The maximum atomic E-state index is 6.04. The average Bonchev–Trinajstić information content (AvgIpc) is 3.04. The van der Waals surface area contributed by atoms with Gasteiger partial charge >= 0.3 is 0 Å². The summed E-state index contributed by atoms with van der Waals surface area (Å²) in [6.07, 6.45) is 6.07. The van der Waals surface area contributed by atoms with Crippen molar-refractivity contribution < 1.29 is 4.74 Å². The normalized spacial score (nSPS) is 16.7. The van der Waals surface area contributed by atoms with Crippen molar-refractivity contribution >= 4 is 5.78 Å². The van der Waals surface area contributed by atoms with E-state index in [-0.39, 0.29) is 0 Å². The second-order valence-corrected chi connectivity index (χ2v) is 6.16. The molecule has 124 valence electrons. The smallest absolute Gasteiger partial charge is 0.252 e. The molecule has 3 aromatic rings. The number of nitrogens with zero attached hydrogens (tertiary/aromatic N) is 5. The molecule has 6 heteroatoms. The van der Waals surface area contributed by atoms with Gasteiger partial charge in [0.05, 0.1) is 19.3 Å². The average molecular weight is 323 g/mol. The Balaban J connectivity index is 1.27. The van der Waals surface area contributed by atoms with Crippen molar-refractivity contribution in [3.8, 4) is 0 Å². The van der Waals surface area contributed by atoms with Crippen LogP contribution in [-0.4, -0.2) is 43.7 Å². The van der Waals surface area contributed by atoms with Gasteiger partial charge in [-0.1, -0.05) is 30.3 Å². The number of ether oxygens (including phenoxy) is 1. The molecule has 0 bridgehead atoms. The first-order valence-corrected chi connectivity index (χ1v) is 8.41. The Kier molecular flexibility index (Phi) is 4.49. The van der Waals surface area contributed by atoms with Crippen LogP contribution in [0.3, 0.4) is 0 Å². The number of aromatic nitrogens is 4. The van der Waals surface area contributed by atoms with Gasteiger partial charge in [0.1, 0.15) is 0 Å². The highest BCUT2D eigenvalue weighted by Crippen LogP contribution is 2.17. The molecule has 1 aliphatic rings. The Morgan fingerprint density at radius 1 is 1.08 bits per heavy atom. The molecular formula is C18H21N5O. The predicted octanol–water partition coefficient (Wildman–Crippen LogP) is 2.31. The number of piperidine rings is 1. The fourth-order valence-electron chi connectivity index (χ4n) is 3.07. The minimum atomic E-state index is 0.345. The largest absolute Gasteiger partial charge is 0.373 e. The molecule has 1 aromatic carbocycles. The second kappa shape index (κ2) is 7.07.